The first-order valence-corrected chi connectivity index (χ1v) is 16.0. The summed E-state index contributed by atoms with van der Waals surface area (Å²) < 4.78 is 5.94. The Morgan fingerprint density at radius 3 is 0.861 bits per heavy atom. The lowest BCUT2D eigenvalue weighted by Gasteiger charge is -2.18. The third-order valence-electron chi connectivity index (χ3n) is 5.32. The molecule has 0 heterocycles. The molecule has 4 aromatic rings. The van der Waals surface area contributed by atoms with Gasteiger partial charge in [-0.2, -0.15) is 0 Å². The van der Waals surface area contributed by atoms with Crippen molar-refractivity contribution in [3.8, 4) is 0 Å². The van der Waals surface area contributed by atoms with Crippen molar-refractivity contribution in [3.05, 3.63) is 135 Å². The smallest absolute Gasteiger partial charge is 0.357 e. The Morgan fingerprint density at radius 1 is 0.361 bits per heavy atom. The summed E-state index contributed by atoms with van der Waals surface area (Å²) in [6.45, 7) is 13.5. The summed E-state index contributed by atoms with van der Waals surface area (Å²) in [5.74, 6) is 0. The van der Waals surface area contributed by atoms with E-state index in [1.165, 1.54) is 25.4 Å². The molecule has 4 aromatic carbocycles. The fraction of sp³-hybridized carbons (Fsp3) is 0.250. The summed E-state index contributed by atoms with van der Waals surface area (Å²) in [5.41, 5.74) is 3.34. The standard InChI is InChI=1S/2C16H18I.2ClH/c2*1-16(2,3)13-9-11-15(12-10-13)17-14-7-5-4-6-8-14;;/h2*4-12H,1-3H3;2*1H/q2*+1;;/p-2. The van der Waals surface area contributed by atoms with Crippen LogP contribution in [0.25, 0.3) is 0 Å². The largest absolute Gasteiger partial charge is 1.00 e. The van der Waals surface area contributed by atoms with Crippen LogP contribution in [0.3, 0.4) is 0 Å². The van der Waals surface area contributed by atoms with Gasteiger partial charge in [-0.15, -0.1) is 0 Å². The molecule has 0 bridgehead atoms. The van der Waals surface area contributed by atoms with Crippen LogP contribution in [0.5, 0.6) is 0 Å². The number of halogens is 4. The van der Waals surface area contributed by atoms with Gasteiger partial charge in [-0.25, -0.2) is 0 Å². The van der Waals surface area contributed by atoms with Crippen LogP contribution in [0, 0.1) is 14.3 Å². The van der Waals surface area contributed by atoms with Crippen molar-refractivity contribution in [1.82, 2.24) is 0 Å². The van der Waals surface area contributed by atoms with Gasteiger partial charge in [-0.3, -0.25) is 0 Å². The van der Waals surface area contributed by atoms with Crippen molar-refractivity contribution in [2.24, 2.45) is 0 Å². The molecule has 0 amide bonds. The topological polar surface area (TPSA) is 0 Å². The average Bonchev–Trinajstić information content (AvgIpc) is 2.80. The summed E-state index contributed by atoms with van der Waals surface area (Å²) in [6.07, 6.45) is 0. The van der Waals surface area contributed by atoms with Crippen LogP contribution in [0.4, 0.5) is 0 Å². The van der Waals surface area contributed by atoms with E-state index in [-0.39, 0.29) is 78.1 Å². The molecular formula is C32H36Cl2I2. The average molecular weight is 745 g/mol. The van der Waals surface area contributed by atoms with Gasteiger partial charge in [0.15, 0.2) is 14.3 Å². The molecule has 192 valence electrons. The van der Waals surface area contributed by atoms with E-state index < -0.39 is 0 Å². The van der Waals surface area contributed by atoms with Gasteiger partial charge in [-0.05, 0) is 70.5 Å². The minimum absolute atomic E-state index is 0. The number of hydrogen-bond donors (Lipinski definition) is 0. The molecule has 0 unspecified atom stereocenters. The Hall–Kier alpha value is -1.08. The summed E-state index contributed by atoms with van der Waals surface area (Å²) >= 11 is -0.0416. The molecule has 0 aliphatic heterocycles. The van der Waals surface area contributed by atoms with Gasteiger partial charge < -0.3 is 24.8 Å². The van der Waals surface area contributed by atoms with E-state index in [0.717, 1.165) is 0 Å². The summed E-state index contributed by atoms with van der Waals surface area (Å²) in [6, 6.07) is 39.8. The van der Waals surface area contributed by atoms with Crippen molar-refractivity contribution < 1.29 is 67.2 Å². The molecule has 0 aromatic heterocycles. The molecule has 0 nitrogen and oxygen atoms in total. The highest BCUT2D eigenvalue weighted by Crippen LogP contribution is 2.21. The molecule has 0 N–H and O–H groups in total. The van der Waals surface area contributed by atoms with Gasteiger partial charge in [0.25, 0.3) is 0 Å². The van der Waals surface area contributed by atoms with Crippen LogP contribution in [0.2, 0.25) is 0 Å². The molecule has 0 saturated carbocycles. The molecular weight excluding hydrogens is 709 g/mol. The maximum absolute atomic E-state index is 2.29. The fourth-order valence-electron chi connectivity index (χ4n) is 3.23. The van der Waals surface area contributed by atoms with Gasteiger partial charge in [0, 0.05) is 0 Å². The predicted octanol–water partition coefficient (Wildman–Crippen LogP) is -3.77. The van der Waals surface area contributed by atoms with E-state index in [0.29, 0.717) is 0 Å². The van der Waals surface area contributed by atoms with Crippen LogP contribution >= 0.6 is 0 Å². The van der Waals surface area contributed by atoms with E-state index in [2.05, 4.69) is 151 Å². The van der Waals surface area contributed by atoms with Gasteiger partial charge in [0.1, 0.15) is 0 Å². The number of rotatable bonds is 4. The van der Waals surface area contributed by atoms with Crippen molar-refractivity contribution in [2.75, 3.05) is 0 Å². The molecule has 4 rings (SSSR count). The molecule has 0 spiro atoms. The first-order valence-electron chi connectivity index (χ1n) is 11.7. The highest BCUT2D eigenvalue weighted by Gasteiger charge is 2.19. The Kier molecular flexibility index (Phi) is 14.1. The van der Waals surface area contributed by atoms with Crippen molar-refractivity contribution in [3.63, 3.8) is 0 Å². The van der Waals surface area contributed by atoms with Crippen LogP contribution in [-0.2, 0) is 10.8 Å². The Bertz CT molecular complexity index is 1030. The lowest BCUT2D eigenvalue weighted by molar-refractivity contribution is -0.597. The van der Waals surface area contributed by atoms with Gasteiger partial charge >= 0.3 is 42.4 Å². The first-order chi connectivity index (χ1) is 16.1. The molecule has 36 heavy (non-hydrogen) atoms. The Morgan fingerprint density at radius 2 is 0.611 bits per heavy atom. The zero-order valence-electron chi connectivity index (χ0n) is 21.9. The minimum Gasteiger partial charge on any atom is -1.00 e. The zero-order valence-corrected chi connectivity index (χ0v) is 27.7. The van der Waals surface area contributed by atoms with E-state index in [1.54, 1.807) is 0 Å². The van der Waals surface area contributed by atoms with Gasteiger partial charge in [0.05, 0.1) is 0 Å². The number of hydrogen-bond acceptors (Lipinski definition) is 0. The molecule has 0 fully saturated rings. The maximum Gasteiger partial charge on any atom is 0.357 e. The van der Waals surface area contributed by atoms with Crippen molar-refractivity contribution >= 4 is 0 Å². The fourth-order valence-corrected chi connectivity index (χ4v) is 7.66. The van der Waals surface area contributed by atoms with Gasteiger partial charge in [0.2, 0.25) is 0 Å². The minimum atomic E-state index is -0.0208. The Balaban J connectivity index is 0.000000341. The van der Waals surface area contributed by atoms with Crippen molar-refractivity contribution in [2.45, 2.75) is 52.4 Å². The second-order valence-electron chi connectivity index (χ2n) is 10.3. The predicted molar refractivity (Wildman–Crippen MR) is 138 cm³/mol. The second-order valence-corrected chi connectivity index (χ2v) is 16.4. The van der Waals surface area contributed by atoms with E-state index in [4.69, 9.17) is 0 Å². The molecule has 0 atom stereocenters. The van der Waals surface area contributed by atoms with Gasteiger partial charge in [-0.1, -0.05) is 102 Å². The van der Waals surface area contributed by atoms with Crippen molar-refractivity contribution in [1.29, 1.82) is 0 Å². The normalized spacial score (nSPS) is 10.8. The summed E-state index contributed by atoms with van der Waals surface area (Å²) in [5, 5.41) is 0. The first kappa shape index (κ1) is 32.9. The van der Waals surface area contributed by atoms with Crippen LogP contribution in [-0.4, -0.2) is 0 Å². The maximum atomic E-state index is 2.29. The third-order valence-corrected chi connectivity index (χ3v) is 10.7. The molecule has 0 radical (unpaired) electrons. The quantitative estimate of drug-likeness (QED) is 0.189. The lowest BCUT2D eigenvalue weighted by Crippen LogP contribution is -3.61. The van der Waals surface area contributed by atoms with Crippen LogP contribution in [0.15, 0.2) is 109 Å². The number of benzene rings is 4. The zero-order chi connectivity index (χ0) is 24.6. The highest BCUT2D eigenvalue weighted by atomic mass is 127. The van der Waals surface area contributed by atoms with E-state index in [9.17, 15) is 0 Å². The molecule has 0 aliphatic rings. The lowest BCUT2D eigenvalue weighted by atomic mass is 9.87. The van der Waals surface area contributed by atoms with Crippen LogP contribution < -0.4 is 67.2 Å². The molecule has 0 aliphatic carbocycles. The second kappa shape index (κ2) is 15.4. The summed E-state index contributed by atoms with van der Waals surface area (Å²) in [4.78, 5) is 0. The van der Waals surface area contributed by atoms with Crippen LogP contribution in [0.1, 0.15) is 52.7 Å². The Labute approximate surface area is 252 Å². The van der Waals surface area contributed by atoms with E-state index in [1.807, 2.05) is 0 Å². The highest BCUT2D eigenvalue weighted by molar-refractivity contribution is 5.23. The third kappa shape index (κ3) is 11.1. The summed E-state index contributed by atoms with van der Waals surface area (Å²) in [7, 11) is 0. The van der Waals surface area contributed by atoms with E-state index >= 15 is 0 Å². The SMILES string of the molecule is CC(C)(C)c1ccc([I+]c2ccccc2)cc1.CC(C)(C)c1ccc([I+]c2ccccc2)cc1.[Cl-].[Cl-]. The molecule has 0 saturated heterocycles. The molecule has 4 heteroatoms. The monoisotopic (exact) mass is 744 g/mol.